The van der Waals surface area contributed by atoms with Gasteiger partial charge in [0.2, 0.25) is 0 Å². The van der Waals surface area contributed by atoms with Crippen LogP contribution >= 0.6 is 7.82 Å². The fraction of sp³-hybridized carbons (Fsp3) is 0.681. The van der Waals surface area contributed by atoms with Crippen molar-refractivity contribution in [2.45, 2.75) is 258 Å². The predicted octanol–water partition coefficient (Wildman–Crippen LogP) is 19.7. The maximum absolute atomic E-state index is 12.8. The molecule has 0 heterocycles. The molecule has 0 saturated heterocycles. The average molecular weight is 1120 g/mol. The Morgan fingerprint density at radius 1 is 0.405 bits per heavy atom. The van der Waals surface area contributed by atoms with Gasteiger partial charge >= 0.3 is 11.9 Å². The molecule has 0 aromatic rings. The third-order valence-electron chi connectivity index (χ3n) is 13.2. The third kappa shape index (κ3) is 63.5. The summed E-state index contributed by atoms with van der Waals surface area (Å²) >= 11 is 0. The van der Waals surface area contributed by atoms with Crippen molar-refractivity contribution in [2.75, 3.05) is 47.5 Å². The first kappa shape index (κ1) is 75.4. The molecular formula is C69H118NO8P. The van der Waals surface area contributed by atoms with E-state index in [0.29, 0.717) is 23.9 Å². The van der Waals surface area contributed by atoms with E-state index < -0.39 is 32.5 Å². The van der Waals surface area contributed by atoms with E-state index in [1.54, 1.807) is 0 Å². The van der Waals surface area contributed by atoms with Crippen molar-refractivity contribution < 1.29 is 42.1 Å². The number of hydrogen-bond acceptors (Lipinski definition) is 8. The largest absolute Gasteiger partial charge is 0.756 e. The fourth-order valence-corrected chi connectivity index (χ4v) is 9.08. The highest BCUT2D eigenvalue weighted by Crippen LogP contribution is 2.38. The summed E-state index contributed by atoms with van der Waals surface area (Å²) < 4.78 is 34.2. The Labute approximate surface area is 486 Å². The van der Waals surface area contributed by atoms with Gasteiger partial charge in [0.05, 0.1) is 27.7 Å². The van der Waals surface area contributed by atoms with Crippen LogP contribution in [0.25, 0.3) is 0 Å². The minimum Gasteiger partial charge on any atom is -0.756 e. The van der Waals surface area contributed by atoms with Crippen LogP contribution in [0.1, 0.15) is 251 Å². The number of likely N-dealkylation sites (N-methyl/N-ethyl adjacent to an activating group) is 1. The van der Waals surface area contributed by atoms with Gasteiger partial charge in [-0.1, -0.05) is 251 Å². The normalized spacial score (nSPS) is 14.1. The lowest BCUT2D eigenvalue weighted by Crippen LogP contribution is -2.37. The molecule has 0 aliphatic heterocycles. The molecule has 9 nitrogen and oxygen atoms in total. The first-order valence-electron chi connectivity index (χ1n) is 31.7. The Balaban J connectivity index is 4.05. The number of ether oxygens (including phenoxy) is 2. The van der Waals surface area contributed by atoms with E-state index in [9.17, 15) is 19.0 Å². The summed E-state index contributed by atoms with van der Waals surface area (Å²) in [5.74, 6) is -0.852. The van der Waals surface area contributed by atoms with Crippen molar-refractivity contribution in [3.05, 3.63) is 122 Å². The molecule has 0 N–H and O–H groups in total. The molecule has 0 fully saturated rings. The van der Waals surface area contributed by atoms with Crippen molar-refractivity contribution in [1.29, 1.82) is 0 Å². The van der Waals surface area contributed by atoms with E-state index in [1.807, 2.05) is 21.1 Å². The predicted molar refractivity (Wildman–Crippen MR) is 337 cm³/mol. The molecule has 0 rings (SSSR count). The zero-order valence-electron chi connectivity index (χ0n) is 51.3. The van der Waals surface area contributed by atoms with Crippen molar-refractivity contribution in [3.8, 4) is 0 Å². The Morgan fingerprint density at radius 3 is 1.08 bits per heavy atom. The van der Waals surface area contributed by atoms with Crippen LogP contribution in [0.4, 0.5) is 0 Å². The van der Waals surface area contributed by atoms with Crippen molar-refractivity contribution in [2.24, 2.45) is 0 Å². The Hall–Kier alpha value is -3.59. The third-order valence-corrected chi connectivity index (χ3v) is 14.2. The molecule has 2 atom stereocenters. The summed E-state index contributed by atoms with van der Waals surface area (Å²) in [6.07, 6.45) is 84.0. The number of carbonyl (C=O) groups is 2. The van der Waals surface area contributed by atoms with E-state index >= 15 is 0 Å². The summed E-state index contributed by atoms with van der Waals surface area (Å²) in [6, 6.07) is 0. The smallest absolute Gasteiger partial charge is 0.306 e. The number of esters is 2. The SMILES string of the molecule is CC/C=C\C/C=C\C/C=C\C/C=C\C/C=C\C/C=C\C/C=C\C/C=C\CCCCCCCCCCCCCCCCC(=O)OC(COC(=O)CCCCCCC/C=C\C/C=C\CCCCCC)COP(=O)([O-])OCC[N+](C)(C)C. The lowest BCUT2D eigenvalue weighted by atomic mass is 10.0. The van der Waals surface area contributed by atoms with Gasteiger partial charge in [-0.15, -0.1) is 0 Å². The van der Waals surface area contributed by atoms with Crippen LogP contribution in [0.3, 0.4) is 0 Å². The number of carbonyl (C=O) groups excluding carboxylic acids is 2. The molecule has 0 saturated carbocycles. The van der Waals surface area contributed by atoms with Gasteiger partial charge in [0.1, 0.15) is 19.8 Å². The molecule has 0 radical (unpaired) electrons. The maximum atomic E-state index is 12.8. The van der Waals surface area contributed by atoms with Crippen molar-refractivity contribution in [1.82, 2.24) is 0 Å². The van der Waals surface area contributed by atoms with Gasteiger partial charge < -0.3 is 27.9 Å². The number of phosphoric acid groups is 1. The monoisotopic (exact) mass is 1120 g/mol. The summed E-state index contributed by atoms with van der Waals surface area (Å²) in [5, 5.41) is 0. The molecule has 0 aromatic heterocycles. The minimum atomic E-state index is -4.65. The topological polar surface area (TPSA) is 111 Å². The maximum Gasteiger partial charge on any atom is 0.306 e. The van der Waals surface area contributed by atoms with Gasteiger partial charge in [0.25, 0.3) is 7.82 Å². The van der Waals surface area contributed by atoms with Gasteiger partial charge in [0, 0.05) is 12.8 Å². The summed E-state index contributed by atoms with van der Waals surface area (Å²) in [4.78, 5) is 37.9. The number of unbranched alkanes of at least 4 members (excludes halogenated alkanes) is 23. The highest BCUT2D eigenvalue weighted by Gasteiger charge is 2.22. The minimum absolute atomic E-state index is 0.0376. The number of nitrogens with zero attached hydrogens (tertiary/aromatic N) is 1. The summed E-state index contributed by atoms with van der Waals surface area (Å²) in [6.45, 7) is 4.09. The molecule has 79 heavy (non-hydrogen) atoms. The Bertz CT molecular complexity index is 1750. The van der Waals surface area contributed by atoms with Crippen LogP contribution in [0.2, 0.25) is 0 Å². The molecule has 0 spiro atoms. The molecule has 0 bridgehead atoms. The summed E-state index contributed by atoms with van der Waals surface area (Å²) in [5.41, 5.74) is 0. The quantitative estimate of drug-likeness (QED) is 0.0195. The lowest BCUT2D eigenvalue weighted by Gasteiger charge is -2.28. The number of allylic oxidation sites excluding steroid dienone is 20. The van der Waals surface area contributed by atoms with E-state index in [0.717, 1.165) is 109 Å². The molecule has 0 amide bonds. The van der Waals surface area contributed by atoms with Crippen LogP contribution in [-0.2, 0) is 32.7 Å². The van der Waals surface area contributed by atoms with Gasteiger partial charge in [-0.25, -0.2) is 0 Å². The van der Waals surface area contributed by atoms with Gasteiger partial charge in [-0.05, 0) is 109 Å². The van der Waals surface area contributed by atoms with Crippen LogP contribution < -0.4 is 4.89 Å². The van der Waals surface area contributed by atoms with Crippen molar-refractivity contribution >= 4 is 19.8 Å². The van der Waals surface area contributed by atoms with E-state index in [4.69, 9.17) is 18.5 Å². The van der Waals surface area contributed by atoms with Crippen LogP contribution in [-0.4, -0.2) is 70.0 Å². The van der Waals surface area contributed by atoms with Crippen LogP contribution in [0.5, 0.6) is 0 Å². The van der Waals surface area contributed by atoms with Gasteiger partial charge in [0.15, 0.2) is 6.10 Å². The highest BCUT2D eigenvalue weighted by atomic mass is 31.2. The van der Waals surface area contributed by atoms with Crippen LogP contribution in [0, 0.1) is 0 Å². The van der Waals surface area contributed by atoms with Crippen molar-refractivity contribution in [3.63, 3.8) is 0 Å². The first-order chi connectivity index (χ1) is 38.5. The van der Waals surface area contributed by atoms with Gasteiger partial charge in [-0.2, -0.15) is 0 Å². The molecule has 0 aliphatic rings. The standard InChI is InChI=1S/C69H118NO8P/c1-6-8-10-12-14-16-18-20-22-24-25-26-27-28-29-30-31-32-33-34-35-36-37-38-39-40-41-42-43-44-45-46-48-50-52-54-56-58-60-62-69(72)78-67(66-77-79(73,74)76-64-63-70(3,4)5)65-75-68(71)61-59-57-55-53-51-49-47-23-21-19-17-15-13-11-9-7-2/h8,10,14,16-17,19-20,22-23,25-26,28-29,31-32,34-35,37-38,47,67H,6-7,9,11-13,15,18,21,24,27,30,33,36,39-46,48-66H2,1-5H3/b10-8-,16-14-,19-17-,22-20-,26-25-,29-28-,32-31-,35-34-,38-37-,47-23-. The average Bonchev–Trinajstić information content (AvgIpc) is 3.41. The molecule has 0 aromatic carbocycles. The van der Waals surface area contributed by atoms with E-state index in [-0.39, 0.29) is 26.1 Å². The van der Waals surface area contributed by atoms with Crippen LogP contribution in [0.15, 0.2) is 122 Å². The lowest BCUT2D eigenvalue weighted by molar-refractivity contribution is -0.870. The molecule has 0 aliphatic carbocycles. The fourth-order valence-electron chi connectivity index (χ4n) is 8.35. The Morgan fingerprint density at radius 2 is 0.722 bits per heavy atom. The first-order valence-corrected chi connectivity index (χ1v) is 33.2. The number of quaternary nitrogens is 1. The molecule has 10 heteroatoms. The summed E-state index contributed by atoms with van der Waals surface area (Å²) in [7, 11) is 1.15. The molecular weight excluding hydrogens is 1000 g/mol. The number of hydrogen-bond donors (Lipinski definition) is 0. The second-order valence-electron chi connectivity index (χ2n) is 22.0. The second-order valence-corrected chi connectivity index (χ2v) is 23.4. The molecule has 2 unspecified atom stereocenters. The van der Waals surface area contributed by atoms with E-state index in [1.165, 1.54) is 103 Å². The molecule has 452 valence electrons. The Kier molecular flexibility index (Phi) is 56.4. The zero-order chi connectivity index (χ0) is 57.7. The van der Waals surface area contributed by atoms with E-state index in [2.05, 4.69) is 135 Å². The number of rotatable bonds is 57. The van der Waals surface area contributed by atoms with Gasteiger partial charge in [-0.3, -0.25) is 14.2 Å². The second kappa shape index (κ2) is 59.0. The number of phosphoric ester groups is 1. The zero-order valence-corrected chi connectivity index (χ0v) is 52.2. The highest BCUT2D eigenvalue weighted by molar-refractivity contribution is 7.45.